The summed E-state index contributed by atoms with van der Waals surface area (Å²) in [6, 6.07) is 0.170. The number of halogens is 3. The van der Waals surface area contributed by atoms with E-state index in [2.05, 4.69) is 10.3 Å². The Balaban J connectivity index is 2.48. The average Bonchev–Trinajstić information content (AvgIpc) is 3.26. The third kappa shape index (κ3) is 3.39. The normalized spacial score (nSPS) is 14.8. The number of carbonyl (C=O) groups excluding carboxylic acids is 1. The third-order valence-electron chi connectivity index (χ3n) is 3.25. The fourth-order valence-electron chi connectivity index (χ4n) is 1.92. The van der Waals surface area contributed by atoms with Crippen molar-refractivity contribution < 1.29 is 19.1 Å². The Kier molecular flexibility index (Phi) is 5.03. The number of hydrogen-bond donors (Lipinski definition) is 2. The molecule has 1 aliphatic carbocycles. The molecule has 0 bridgehead atoms. The highest BCUT2D eigenvalue weighted by Crippen LogP contribution is 2.28. The summed E-state index contributed by atoms with van der Waals surface area (Å²) in [7, 11) is 0. The third-order valence-corrected chi connectivity index (χ3v) is 3.77. The van der Waals surface area contributed by atoms with Crippen LogP contribution in [0.2, 0.25) is 10.3 Å². The lowest BCUT2D eigenvalue weighted by Crippen LogP contribution is -2.20. The van der Waals surface area contributed by atoms with Gasteiger partial charge in [0.05, 0.1) is 5.56 Å². The molecule has 22 heavy (non-hydrogen) atoms. The molecule has 1 heterocycles. The summed E-state index contributed by atoms with van der Waals surface area (Å²) in [6.45, 7) is 1.61. The minimum absolute atomic E-state index is 0.0476. The Morgan fingerprint density at radius 1 is 1.41 bits per heavy atom. The first-order chi connectivity index (χ1) is 10.4. The molecule has 2 rings (SSSR count). The van der Waals surface area contributed by atoms with Gasteiger partial charge in [-0.15, -0.1) is 0 Å². The van der Waals surface area contributed by atoms with E-state index in [9.17, 15) is 19.1 Å². The zero-order valence-electron chi connectivity index (χ0n) is 11.6. The van der Waals surface area contributed by atoms with E-state index in [0.717, 1.165) is 19.0 Å². The molecule has 1 saturated carbocycles. The van der Waals surface area contributed by atoms with Crippen molar-refractivity contribution in [2.45, 2.75) is 32.2 Å². The van der Waals surface area contributed by atoms with Crippen LogP contribution in [0.1, 0.15) is 35.7 Å². The average molecular weight is 347 g/mol. The molecule has 1 aliphatic rings. The van der Waals surface area contributed by atoms with Crippen molar-refractivity contribution in [3.05, 3.63) is 39.0 Å². The number of carbonyl (C=O) groups is 2. The Bertz CT molecular complexity index is 673. The summed E-state index contributed by atoms with van der Waals surface area (Å²) >= 11 is 11.5. The van der Waals surface area contributed by atoms with E-state index >= 15 is 0 Å². The molecule has 8 heteroatoms. The summed E-state index contributed by atoms with van der Waals surface area (Å²) in [5.74, 6) is -3.19. The van der Waals surface area contributed by atoms with Gasteiger partial charge in [-0.05, 0) is 19.3 Å². The van der Waals surface area contributed by atoms with Crippen molar-refractivity contribution in [3.63, 3.8) is 0 Å². The zero-order valence-corrected chi connectivity index (χ0v) is 13.1. The van der Waals surface area contributed by atoms with Gasteiger partial charge in [0.2, 0.25) is 5.78 Å². The fraction of sp³-hybridized carbons (Fsp3) is 0.357. The van der Waals surface area contributed by atoms with Crippen LogP contribution in [-0.2, 0) is 11.2 Å². The molecule has 0 atom stereocenters. The molecular formula is C14H13Cl2FN2O3. The van der Waals surface area contributed by atoms with Gasteiger partial charge in [0, 0.05) is 17.8 Å². The van der Waals surface area contributed by atoms with E-state index < -0.39 is 28.3 Å². The van der Waals surface area contributed by atoms with E-state index in [4.69, 9.17) is 23.2 Å². The molecular weight excluding hydrogens is 334 g/mol. The number of ketones is 1. The van der Waals surface area contributed by atoms with Crippen LogP contribution < -0.4 is 5.32 Å². The molecule has 1 fully saturated rings. The maximum atomic E-state index is 14.0. The van der Waals surface area contributed by atoms with Crippen molar-refractivity contribution in [1.82, 2.24) is 10.3 Å². The number of pyridine rings is 1. The van der Waals surface area contributed by atoms with Gasteiger partial charge in [-0.1, -0.05) is 30.1 Å². The summed E-state index contributed by atoms with van der Waals surface area (Å²) in [5.41, 5.74) is -0.835. The Morgan fingerprint density at radius 2 is 2.05 bits per heavy atom. The van der Waals surface area contributed by atoms with Crippen LogP contribution >= 0.6 is 23.2 Å². The van der Waals surface area contributed by atoms with E-state index in [0.29, 0.717) is 0 Å². The van der Waals surface area contributed by atoms with Gasteiger partial charge < -0.3 is 10.4 Å². The number of nitrogens with zero attached hydrogens (tertiary/aromatic N) is 1. The second-order valence-electron chi connectivity index (χ2n) is 4.85. The molecule has 118 valence electrons. The number of nitrogens with one attached hydrogen (secondary N) is 1. The van der Waals surface area contributed by atoms with Gasteiger partial charge in [-0.3, -0.25) is 4.79 Å². The smallest absolute Gasteiger partial charge is 0.341 e. The zero-order chi connectivity index (χ0) is 16.4. The second-order valence-corrected chi connectivity index (χ2v) is 5.56. The van der Waals surface area contributed by atoms with E-state index in [1.807, 2.05) is 0 Å². The van der Waals surface area contributed by atoms with Gasteiger partial charge >= 0.3 is 5.97 Å². The highest BCUT2D eigenvalue weighted by molar-refractivity contribution is 6.37. The Morgan fingerprint density at radius 3 is 2.55 bits per heavy atom. The first kappa shape index (κ1) is 16.7. The fourth-order valence-corrected chi connectivity index (χ4v) is 2.45. The van der Waals surface area contributed by atoms with Crippen molar-refractivity contribution in [2.75, 3.05) is 0 Å². The van der Waals surface area contributed by atoms with E-state index in [-0.39, 0.29) is 28.7 Å². The second kappa shape index (κ2) is 6.62. The van der Waals surface area contributed by atoms with Crippen molar-refractivity contribution in [2.24, 2.45) is 0 Å². The van der Waals surface area contributed by atoms with E-state index in [1.165, 1.54) is 0 Å². The van der Waals surface area contributed by atoms with Gasteiger partial charge in [0.15, 0.2) is 11.0 Å². The van der Waals surface area contributed by atoms with E-state index in [1.54, 1.807) is 6.92 Å². The van der Waals surface area contributed by atoms with Crippen LogP contribution in [0, 0.1) is 5.82 Å². The van der Waals surface area contributed by atoms with Gasteiger partial charge in [0.25, 0.3) is 0 Å². The number of rotatable bonds is 6. The van der Waals surface area contributed by atoms with Crippen LogP contribution in [0.15, 0.2) is 11.8 Å². The molecule has 0 unspecified atom stereocenters. The predicted octanol–water partition coefficient (Wildman–Crippen LogP) is 2.99. The summed E-state index contributed by atoms with van der Waals surface area (Å²) in [6.07, 6.45) is 3.08. The minimum Gasteiger partial charge on any atom is -0.477 e. The van der Waals surface area contributed by atoms with Crippen LogP contribution in [-0.4, -0.2) is 27.9 Å². The lowest BCUT2D eigenvalue weighted by Gasteiger charge is -2.11. The van der Waals surface area contributed by atoms with Crippen molar-refractivity contribution in [1.29, 1.82) is 0 Å². The van der Waals surface area contributed by atoms with Gasteiger partial charge in [-0.25, -0.2) is 14.2 Å². The molecule has 1 aromatic heterocycles. The molecule has 0 saturated heterocycles. The molecule has 5 nitrogen and oxygen atoms in total. The monoisotopic (exact) mass is 346 g/mol. The predicted molar refractivity (Wildman–Crippen MR) is 79.8 cm³/mol. The number of carboxylic acids is 1. The molecule has 0 spiro atoms. The van der Waals surface area contributed by atoms with Crippen LogP contribution in [0.25, 0.3) is 0 Å². The number of carboxylic acid groups (broad SMARTS) is 1. The van der Waals surface area contributed by atoms with Crippen LogP contribution in [0.5, 0.6) is 0 Å². The molecule has 0 aromatic carbocycles. The lowest BCUT2D eigenvalue weighted by atomic mass is 9.99. The van der Waals surface area contributed by atoms with Crippen molar-refractivity contribution >= 4 is 35.0 Å². The molecule has 0 radical (unpaired) electrons. The minimum atomic E-state index is -1.42. The molecule has 1 aromatic rings. The first-order valence-corrected chi connectivity index (χ1v) is 7.40. The topological polar surface area (TPSA) is 79.3 Å². The van der Waals surface area contributed by atoms with Gasteiger partial charge in [0.1, 0.15) is 10.7 Å². The molecule has 2 N–H and O–H groups in total. The molecule has 0 aliphatic heterocycles. The highest BCUT2D eigenvalue weighted by Gasteiger charge is 2.29. The SMILES string of the molecule is CCc1c(F)c(Cl)nc(Cl)c1C(=O)C(=CNC1CC1)C(=O)O. The number of aliphatic carboxylic acids is 1. The summed E-state index contributed by atoms with van der Waals surface area (Å²) in [5, 5.41) is 11.3. The number of Topliss-reactive ketones (excluding diaryl/α,β-unsaturated/α-hetero) is 1. The maximum absolute atomic E-state index is 14.0. The number of hydrogen-bond acceptors (Lipinski definition) is 4. The number of aromatic nitrogens is 1. The Labute approximate surface area is 136 Å². The van der Waals surface area contributed by atoms with Crippen LogP contribution in [0.3, 0.4) is 0 Å². The largest absolute Gasteiger partial charge is 0.477 e. The van der Waals surface area contributed by atoms with Gasteiger partial charge in [-0.2, -0.15) is 0 Å². The molecule has 0 amide bonds. The first-order valence-electron chi connectivity index (χ1n) is 6.64. The summed E-state index contributed by atoms with van der Waals surface area (Å²) in [4.78, 5) is 27.3. The Hall–Kier alpha value is -1.66. The quantitative estimate of drug-likeness (QED) is 0.272. The maximum Gasteiger partial charge on any atom is 0.341 e. The van der Waals surface area contributed by atoms with Crippen molar-refractivity contribution in [3.8, 4) is 0 Å². The van der Waals surface area contributed by atoms with Crippen LogP contribution in [0.4, 0.5) is 4.39 Å². The lowest BCUT2D eigenvalue weighted by molar-refractivity contribution is -0.132. The highest BCUT2D eigenvalue weighted by atomic mass is 35.5. The standard InChI is InChI=1S/C14H13Cl2FN2O3/c1-2-7-9(12(15)19-13(16)10(7)17)11(20)8(14(21)22)5-18-6-3-4-6/h5-6,18H,2-4H2,1H3,(H,21,22). The summed E-state index contributed by atoms with van der Waals surface area (Å²) < 4.78 is 14.0.